The van der Waals surface area contributed by atoms with E-state index in [1.807, 2.05) is 30.0 Å². The molecule has 13 heavy (non-hydrogen) atoms. The highest BCUT2D eigenvalue weighted by molar-refractivity contribution is 8.00. The van der Waals surface area contributed by atoms with E-state index in [-0.39, 0.29) is 0 Å². The second-order valence-electron chi connectivity index (χ2n) is 2.99. The van der Waals surface area contributed by atoms with Crippen LogP contribution in [0.3, 0.4) is 0 Å². The number of rotatable bonds is 4. The zero-order valence-electron chi connectivity index (χ0n) is 8.41. The van der Waals surface area contributed by atoms with Gasteiger partial charge in [0.25, 0.3) is 0 Å². The van der Waals surface area contributed by atoms with E-state index in [9.17, 15) is 0 Å². The molecule has 1 unspecified atom stereocenters. The third-order valence-electron chi connectivity index (χ3n) is 1.97. The molecule has 72 valence electrons. The molecule has 0 aromatic heterocycles. The number of thioether (sulfide) groups is 1. The molecule has 1 rings (SSSR count). The molecular formula is C11H16OS. The van der Waals surface area contributed by atoms with E-state index < -0.39 is 0 Å². The summed E-state index contributed by atoms with van der Waals surface area (Å²) in [5.41, 5.74) is 0. The van der Waals surface area contributed by atoms with Gasteiger partial charge in [0.05, 0.1) is 7.11 Å². The first-order valence-corrected chi connectivity index (χ1v) is 5.45. The molecule has 0 amide bonds. The van der Waals surface area contributed by atoms with Crippen LogP contribution in [-0.2, 0) is 0 Å². The number of para-hydroxylation sites is 1. The van der Waals surface area contributed by atoms with E-state index >= 15 is 0 Å². The molecule has 0 N–H and O–H groups in total. The van der Waals surface area contributed by atoms with E-state index in [1.54, 1.807) is 7.11 Å². The van der Waals surface area contributed by atoms with Gasteiger partial charge in [-0.25, -0.2) is 0 Å². The van der Waals surface area contributed by atoms with Crippen molar-refractivity contribution in [2.75, 3.05) is 7.11 Å². The first kappa shape index (κ1) is 10.5. The van der Waals surface area contributed by atoms with Crippen molar-refractivity contribution in [1.29, 1.82) is 0 Å². The molecule has 1 aromatic carbocycles. The Balaban J connectivity index is 2.74. The molecule has 1 nitrogen and oxygen atoms in total. The molecule has 0 spiro atoms. The Labute approximate surface area is 84.5 Å². The van der Waals surface area contributed by atoms with Crippen LogP contribution in [0.2, 0.25) is 0 Å². The second kappa shape index (κ2) is 5.18. The van der Waals surface area contributed by atoms with Crippen molar-refractivity contribution in [1.82, 2.24) is 0 Å². The van der Waals surface area contributed by atoms with Crippen molar-refractivity contribution >= 4 is 11.8 Å². The Morgan fingerprint density at radius 1 is 1.38 bits per heavy atom. The predicted octanol–water partition coefficient (Wildman–Crippen LogP) is 3.59. The molecular weight excluding hydrogens is 180 g/mol. The molecule has 0 saturated carbocycles. The minimum Gasteiger partial charge on any atom is -0.496 e. The first-order valence-electron chi connectivity index (χ1n) is 4.57. The van der Waals surface area contributed by atoms with Gasteiger partial charge in [-0.3, -0.25) is 0 Å². The maximum Gasteiger partial charge on any atom is 0.132 e. The Bertz CT molecular complexity index is 260. The summed E-state index contributed by atoms with van der Waals surface area (Å²) in [6.07, 6.45) is 1.18. The van der Waals surface area contributed by atoms with Gasteiger partial charge in [-0.05, 0) is 18.6 Å². The van der Waals surface area contributed by atoms with Gasteiger partial charge in [0, 0.05) is 10.1 Å². The normalized spacial score (nSPS) is 12.5. The fraction of sp³-hybridized carbons (Fsp3) is 0.455. The summed E-state index contributed by atoms with van der Waals surface area (Å²) in [5.74, 6) is 0.979. The highest BCUT2D eigenvalue weighted by atomic mass is 32.2. The number of hydrogen-bond donors (Lipinski definition) is 0. The monoisotopic (exact) mass is 196 g/mol. The SMILES string of the molecule is CCC(C)Sc1ccccc1OC. The highest BCUT2D eigenvalue weighted by Crippen LogP contribution is 2.32. The fourth-order valence-corrected chi connectivity index (χ4v) is 2.04. The van der Waals surface area contributed by atoms with Crippen molar-refractivity contribution in [2.45, 2.75) is 30.4 Å². The van der Waals surface area contributed by atoms with Crippen LogP contribution < -0.4 is 4.74 Å². The molecule has 0 bridgehead atoms. The molecule has 0 aliphatic rings. The van der Waals surface area contributed by atoms with Gasteiger partial charge >= 0.3 is 0 Å². The zero-order valence-corrected chi connectivity index (χ0v) is 9.23. The second-order valence-corrected chi connectivity index (χ2v) is 4.47. The Morgan fingerprint density at radius 2 is 2.08 bits per heavy atom. The lowest BCUT2D eigenvalue weighted by Gasteiger charge is -2.11. The van der Waals surface area contributed by atoms with E-state index in [2.05, 4.69) is 19.9 Å². The molecule has 0 heterocycles. The summed E-state index contributed by atoms with van der Waals surface area (Å²) in [4.78, 5) is 1.24. The zero-order chi connectivity index (χ0) is 9.68. The van der Waals surface area contributed by atoms with Crippen molar-refractivity contribution in [2.24, 2.45) is 0 Å². The largest absolute Gasteiger partial charge is 0.496 e. The predicted molar refractivity (Wildman–Crippen MR) is 58.6 cm³/mol. The van der Waals surface area contributed by atoms with Gasteiger partial charge in [0.2, 0.25) is 0 Å². The van der Waals surface area contributed by atoms with Gasteiger partial charge < -0.3 is 4.74 Å². The molecule has 0 fully saturated rings. The van der Waals surface area contributed by atoms with Crippen LogP contribution in [0.1, 0.15) is 20.3 Å². The molecule has 0 saturated heterocycles. The Hall–Kier alpha value is -0.630. The van der Waals surface area contributed by atoms with E-state index in [0.29, 0.717) is 5.25 Å². The lowest BCUT2D eigenvalue weighted by atomic mass is 10.3. The maximum atomic E-state index is 5.27. The molecule has 0 aliphatic carbocycles. The van der Waals surface area contributed by atoms with E-state index in [0.717, 1.165) is 5.75 Å². The lowest BCUT2D eigenvalue weighted by molar-refractivity contribution is 0.404. The van der Waals surface area contributed by atoms with Gasteiger partial charge in [0.15, 0.2) is 0 Å². The highest BCUT2D eigenvalue weighted by Gasteiger charge is 2.05. The summed E-state index contributed by atoms with van der Waals surface area (Å²) in [6.45, 7) is 4.43. The number of methoxy groups -OCH3 is 1. The Morgan fingerprint density at radius 3 is 2.69 bits per heavy atom. The third kappa shape index (κ3) is 2.96. The van der Waals surface area contributed by atoms with Crippen molar-refractivity contribution in [3.8, 4) is 5.75 Å². The molecule has 2 heteroatoms. The number of hydrogen-bond acceptors (Lipinski definition) is 2. The molecule has 1 atom stereocenters. The average Bonchev–Trinajstić information content (AvgIpc) is 2.18. The van der Waals surface area contributed by atoms with Gasteiger partial charge in [-0.2, -0.15) is 0 Å². The van der Waals surface area contributed by atoms with Gasteiger partial charge in [0.1, 0.15) is 5.75 Å². The number of benzene rings is 1. The lowest BCUT2D eigenvalue weighted by Crippen LogP contribution is -1.93. The third-order valence-corrected chi connectivity index (χ3v) is 3.30. The summed E-state index contributed by atoms with van der Waals surface area (Å²) in [5, 5.41) is 0.649. The van der Waals surface area contributed by atoms with E-state index in [4.69, 9.17) is 4.74 Å². The first-order chi connectivity index (χ1) is 6.27. The van der Waals surface area contributed by atoms with Crippen LogP contribution in [0.4, 0.5) is 0 Å². The minimum atomic E-state index is 0.649. The van der Waals surface area contributed by atoms with Gasteiger partial charge in [-0.15, -0.1) is 11.8 Å². The maximum absolute atomic E-state index is 5.27. The quantitative estimate of drug-likeness (QED) is 0.681. The summed E-state index contributed by atoms with van der Waals surface area (Å²) in [6, 6.07) is 8.16. The topological polar surface area (TPSA) is 9.23 Å². The van der Waals surface area contributed by atoms with Crippen LogP contribution >= 0.6 is 11.8 Å². The van der Waals surface area contributed by atoms with Crippen LogP contribution in [0.25, 0.3) is 0 Å². The molecule has 0 radical (unpaired) electrons. The summed E-state index contributed by atoms with van der Waals surface area (Å²) >= 11 is 1.87. The average molecular weight is 196 g/mol. The summed E-state index contributed by atoms with van der Waals surface area (Å²) in [7, 11) is 1.72. The summed E-state index contributed by atoms with van der Waals surface area (Å²) < 4.78 is 5.27. The van der Waals surface area contributed by atoms with Crippen molar-refractivity contribution in [3.05, 3.63) is 24.3 Å². The van der Waals surface area contributed by atoms with Gasteiger partial charge in [-0.1, -0.05) is 26.0 Å². The van der Waals surface area contributed by atoms with Crippen LogP contribution in [0.5, 0.6) is 5.75 Å². The fourth-order valence-electron chi connectivity index (χ4n) is 1.02. The van der Waals surface area contributed by atoms with E-state index in [1.165, 1.54) is 11.3 Å². The Kier molecular flexibility index (Phi) is 4.16. The molecule has 0 aliphatic heterocycles. The van der Waals surface area contributed by atoms with Crippen LogP contribution in [-0.4, -0.2) is 12.4 Å². The number of ether oxygens (including phenoxy) is 1. The minimum absolute atomic E-state index is 0.649. The molecule has 1 aromatic rings. The van der Waals surface area contributed by atoms with Crippen LogP contribution in [0.15, 0.2) is 29.2 Å². The standard InChI is InChI=1S/C11H16OS/c1-4-9(2)13-11-8-6-5-7-10(11)12-3/h5-9H,4H2,1-3H3. The van der Waals surface area contributed by atoms with Crippen molar-refractivity contribution in [3.63, 3.8) is 0 Å². The van der Waals surface area contributed by atoms with Crippen molar-refractivity contribution < 1.29 is 4.74 Å². The smallest absolute Gasteiger partial charge is 0.132 e. The van der Waals surface area contributed by atoms with Crippen LogP contribution in [0, 0.1) is 0 Å².